The molecule has 0 aliphatic rings. The molecule has 0 aliphatic heterocycles. The maximum absolute atomic E-state index is 13.4. The molecule has 20 heavy (non-hydrogen) atoms. The number of phenolic OH excluding ortho intramolecular Hbond substituents is 2. The van der Waals surface area contributed by atoms with E-state index in [-0.39, 0.29) is 29.2 Å². The van der Waals surface area contributed by atoms with Crippen LogP contribution in [0.5, 0.6) is 11.5 Å². The lowest BCUT2D eigenvalue weighted by molar-refractivity contribution is 0.0947. The van der Waals surface area contributed by atoms with E-state index in [1.165, 1.54) is 6.07 Å². The SMILES string of the molecule is O=C(NCc1cc(F)ccc1F)c1cc(O)ccc1O. The third-order valence-corrected chi connectivity index (χ3v) is 2.67. The average molecular weight is 279 g/mol. The monoisotopic (exact) mass is 279 g/mol. The van der Waals surface area contributed by atoms with Gasteiger partial charge in [0.1, 0.15) is 23.1 Å². The first-order valence-electron chi connectivity index (χ1n) is 5.71. The summed E-state index contributed by atoms with van der Waals surface area (Å²) < 4.78 is 26.3. The van der Waals surface area contributed by atoms with Crippen LogP contribution < -0.4 is 5.32 Å². The van der Waals surface area contributed by atoms with E-state index in [1.807, 2.05) is 0 Å². The van der Waals surface area contributed by atoms with Gasteiger partial charge in [0.05, 0.1) is 5.56 Å². The largest absolute Gasteiger partial charge is 0.508 e. The van der Waals surface area contributed by atoms with Crippen molar-refractivity contribution in [2.24, 2.45) is 0 Å². The molecule has 0 unspecified atom stereocenters. The molecule has 2 aromatic rings. The second kappa shape index (κ2) is 5.56. The number of benzene rings is 2. The molecule has 6 heteroatoms. The molecule has 0 aromatic heterocycles. The van der Waals surface area contributed by atoms with E-state index in [9.17, 15) is 23.8 Å². The zero-order valence-electron chi connectivity index (χ0n) is 10.2. The third-order valence-electron chi connectivity index (χ3n) is 2.67. The minimum atomic E-state index is -0.706. The van der Waals surface area contributed by atoms with Crippen LogP contribution in [0.25, 0.3) is 0 Å². The summed E-state index contributed by atoms with van der Waals surface area (Å²) in [5.74, 6) is -2.48. The molecule has 0 saturated carbocycles. The summed E-state index contributed by atoms with van der Waals surface area (Å²) in [6.07, 6.45) is 0. The fourth-order valence-electron chi connectivity index (χ4n) is 1.66. The van der Waals surface area contributed by atoms with Crippen molar-refractivity contribution in [1.29, 1.82) is 0 Å². The first kappa shape index (κ1) is 13.8. The molecule has 0 spiro atoms. The van der Waals surface area contributed by atoms with E-state index in [0.29, 0.717) is 0 Å². The fraction of sp³-hybridized carbons (Fsp3) is 0.0714. The molecule has 0 aliphatic carbocycles. The molecule has 0 heterocycles. The van der Waals surface area contributed by atoms with Gasteiger partial charge in [0.25, 0.3) is 5.91 Å². The van der Waals surface area contributed by atoms with Crippen LogP contribution in [0.4, 0.5) is 8.78 Å². The first-order valence-corrected chi connectivity index (χ1v) is 5.71. The topological polar surface area (TPSA) is 69.6 Å². The number of carbonyl (C=O) groups excluding carboxylic acids is 1. The van der Waals surface area contributed by atoms with E-state index in [4.69, 9.17) is 0 Å². The number of aromatic hydroxyl groups is 2. The van der Waals surface area contributed by atoms with Crippen molar-refractivity contribution in [3.05, 3.63) is 59.2 Å². The van der Waals surface area contributed by atoms with Gasteiger partial charge in [0.15, 0.2) is 0 Å². The Morgan fingerprint density at radius 1 is 1.10 bits per heavy atom. The summed E-state index contributed by atoms with van der Waals surface area (Å²) in [4.78, 5) is 11.8. The smallest absolute Gasteiger partial charge is 0.255 e. The van der Waals surface area contributed by atoms with Crippen LogP contribution in [-0.4, -0.2) is 16.1 Å². The number of phenols is 2. The predicted octanol–water partition coefficient (Wildman–Crippen LogP) is 2.31. The Kier molecular flexibility index (Phi) is 3.84. The number of carbonyl (C=O) groups is 1. The Hall–Kier alpha value is -2.63. The number of nitrogens with one attached hydrogen (secondary N) is 1. The zero-order chi connectivity index (χ0) is 14.7. The van der Waals surface area contributed by atoms with Crippen LogP contribution in [-0.2, 0) is 6.54 Å². The van der Waals surface area contributed by atoms with Gasteiger partial charge in [0.2, 0.25) is 0 Å². The standard InChI is InChI=1S/C14H11F2NO3/c15-9-1-3-12(16)8(5-9)7-17-14(20)11-6-10(18)2-4-13(11)19/h1-6,18-19H,7H2,(H,17,20). The van der Waals surface area contributed by atoms with Gasteiger partial charge in [-0.2, -0.15) is 0 Å². The molecule has 0 bridgehead atoms. The van der Waals surface area contributed by atoms with Crippen molar-refractivity contribution in [3.63, 3.8) is 0 Å². The molecule has 1 amide bonds. The second-order valence-corrected chi connectivity index (χ2v) is 4.12. The fourth-order valence-corrected chi connectivity index (χ4v) is 1.66. The maximum Gasteiger partial charge on any atom is 0.255 e. The van der Waals surface area contributed by atoms with E-state index in [2.05, 4.69) is 5.32 Å². The highest BCUT2D eigenvalue weighted by Gasteiger charge is 2.13. The van der Waals surface area contributed by atoms with E-state index in [0.717, 1.165) is 30.3 Å². The molecular formula is C14H11F2NO3. The third kappa shape index (κ3) is 3.03. The Morgan fingerprint density at radius 3 is 2.60 bits per heavy atom. The highest BCUT2D eigenvalue weighted by Crippen LogP contribution is 2.22. The van der Waals surface area contributed by atoms with Crippen molar-refractivity contribution >= 4 is 5.91 Å². The molecule has 2 aromatic carbocycles. The van der Waals surface area contributed by atoms with Crippen LogP contribution in [0.2, 0.25) is 0 Å². The van der Waals surface area contributed by atoms with E-state index >= 15 is 0 Å². The minimum Gasteiger partial charge on any atom is -0.508 e. The molecular weight excluding hydrogens is 268 g/mol. The number of amides is 1. The van der Waals surface area contributed by atoms with Gasteiger partial charge in [-0.3, -0.25) is 4.79 Å². The Labute approximate surface area is 113 Å². The van der Waals surface area contributed by atoms with Crippen LogP contribution in [0.15, 0.2) is 36.4 Å². The van der Waals surface area contributed by atoms with Gasteiger partial charge < -0.3 is 15.5 Å². The minimum absolute atomic E-state index is 0.0157. The van der Waals surface area contributed by atoms with Crippen molar-refractivity contribution in [3.8, 4) is 11.5 Å². The van der Waals surface area contributed by atoms with Gasteiger partial charge in [-0.1, -0.05) is 0 Å². The highest BCUT2D eigenvalue weighted by molar-refractivity contribution is 5.97. The van der Waals surface area contributed by atoms with Crippen LogP contribution in [0.3, 0.4) is 0 Å². The van der Waals surface area contributed by atoms with Crippen LogP contribution in [0, 0.1) is 11.6 Å². The highest BCUT2D eigenvalue weighted by atomic mass is 19.1. The second-order valence-electron chi connectivity index (χ2n) is 4.12. The lowest BCUT2D eigenvalue weighted by atomic mass is 10.1. The Balaban J connectivity index is 2.12. The molecule has 2 rings (SSSR count). The normalized spacial score (nSPS) is 10.3. The molecule has 0 saturated heterocycles. The van der Waals surface area contributed by atoms with Crippen molar-refractivity contribution in [2.45, 2.75) is 6.54 Å². The molecule has 3 N–H and O–H groups in total. The zero-order valence-corrected chi connectivity index (χ0v) is 10.2. The quantitative estimate of drug-likeness (QED) is 0.755. The van der Waals surface area contributed by atoms with Crippen molar-refractivity contribution < 1.29 is 23.8 Å². The maximum atomic E-state index is 13.4. The number of halogens is 2. The van der Waals surface area contributed by atoms with Gasteiger partial charge in [-0.25, -0.2) is 8.78 Å². The molecule has 0 radical (unpaired) electrons. The molecule has 4 nitrogen and oxygen atoms in total. The van der Waals surface area contributed by atoms with Gasteiger partial charge in [-0.15, -0.1) is 0 Å². The van der Waals surface area contributed by atoms with Crippen LogP contribution >= 0.6 is 0 Å². The summed E-state index contributed by atoms with van der Waals surface area (Å²) in [5, 5.41) is 21.1. The molecule has 0 atom stereocenters. The summed E-state index contributed by atoms with van der Waals surface area (Å²) in [7, 11) is 0. The first-order chi connectivity index (χ1) is 9.47. The number of rotatable bonds is 3. The summed E-state index contributed by atoms with van der Waals surface area (Å²) in [6, 6.07) is 6.36. The Bertz CT molecular complexity index is 659. The number of hydrogen-bond donors (Lipinski definition) is 3. The average Bonchev–Trinajstić information content (AvgIpc) is 2.42. The van der Waals surface area contributed by atoms with E-state index < -0.39 is 17.5 Å². The van der Waals surface area contributed by atoms with Gasteiger partial charge >= 0.3 is 0 Å². The van der Waals surface area contributed by atoms with Crippen molar-refractivity contribution in [2.75, 3.05) is 0 Å². The van der Waals surface area contributed by atoms with Gasteiger partial charge in [-0.05, 0) is 36.4 Å². The molecule has 0 fully saturated rings. The lowest BCUT2D eigenvalue weighted by Gasteiger charge is -2.08. The summed E-state index contributed by atoms with van der Waals surface area (Å²) in [6.45, 7) is -0.239. The van der Waals surface area contributed by atoms with Crippen LogP contribution in [0.1, 0.15) is 15.9 Å². The van der Waals surface area contributed by atoms with E-state index in [1.54, 1.807) is 0 Å². The summed E-state index contributed by atoms with van der Waals surface area (Å²) in [5.41, 5.74) is -0.167. The predicted molar refractivity (Wildman–Crippen MR) is 67.3 cm³/mol. The van der Waals surface area contributed by atoms with Gasteiger partial charge in [0, 0.05) is 12.1 Å². The van der Waals surface area contributed by atoms with Crippen molar-refractivity contribution in [1.82, 2.24) is 5.32 Å². The summed E-state index contributed by atoms with van der Waals surface area (Å²) >= 11 is 0. The molecule has 104 valence electrons. The lowest BCUT2D eigenvalue weighted by Crippen LogP contribution is -2.23. The number of hydrogen-bond acceptors (Lipinski definition) is 3. The Morgan fingerprint density at radius 2 is 1.85 bits per heavy atom.